The smallest absolute Gasteiger partial charge is 0.339 e. The van der Waals surface area contributed by atoms with E-state index < -0.39 is 17.0 Å². The van der Waals surface area contributed by atoms with Gasteiger partial charge >= 0.3 is 5.97 Å². The van der Waals surface area contributed by atoms with Crippen LogP contribution in [0, 0.1) is 0 Å². The summed E-state index contributed by atoms with van der Waals surface area (Å²) < 4.78 is 24.2. The Bertz CT molecular complexity index is 485. The highest BCUT2D eigenvalue weighted by Crippen LogP contribution is 2.27. The summed E-state index contributed by atoms with van der Waals surface area (Å²) >= 11 is 4.04. The molecule has 1 rings (SSSR count). The number of methoxy groups -OCH3 is 1. The molecule has 0 radical (unpaired) electrons. The Hall–Kier alpha value is -1.17. The van der Waals surface area contributed by atoms with Gasteiger partial charge in [0.1, 0.15) is 0 Å². The second kappa shape index (κ2) is 5.95. The molecule has 1 aromatic carbocycles. The zero-order valence-corrected chi connectivity index (χ0v) is 10.7. The summed E-state index contributed by atoms with van der Waals surface area (Å²) in [4.78, 5) is 11.4. The summed E-state index contributed by atoms with van der Waals surface area (Å²) in [6, 6.07) is 3.02. The molecule has 92 valence electrons. The molecule has 0 spiro atoms. The van der Waals surface area contributed by atoms with Gasteiger partial charge < -0.3 is 9.29 Å². The molecule has 4 nitrogen and oxygen atoms in total. The topological polar surface area (TPSA) is 63.6 Å². The van der Waals surface area contributed by atoms with Crippen molar-refractivity contribution in [2.75, 3.05) is 7.11 Å². The maximum atomic E-state index is 11.4. The maximum Gasteiger partial charge on any atom is 0.339 e. The molecule has 6 heteroatoms. The zero-order valence-electron chi connectivity index (χ0n) is 9.10. The van der Waals surface area contributed by atoms with Crippen molar-refractivity contribution in [2.45, 2.75) is 5.75 Å². The third kappa shape index (κ3) is 3.15. The minimum absolute atomic E-state index is 0.0669. The van der Waals surface area contributed by atoms with E-state index in [2.05, 4.69) is 11.3 Å². The molecule has 0 amide bonds. The molecule has 0 aromatic heterocycles. The Morgan fingerprint density at radius 3 is 2.76 bits per heavy atom. The number of carbonyl (C=O) groups excluding carboxylic acids is 1. The maximum absolute atomic E-state index is 11.4. The summed E-state index contributed by atoms with van der Waals surface area (Å²) in [5.74, 6) is -0.627. The van der Waals surface area contributed by atoms with E-state index in [1.807, 2.05) is 0 Å². The summed E-state index contributed by atoms with van der Waals surface area (Å²) in [6.45, 7) is 3.57. The van der Waals surface area contributed by atoms with Gasteiger partial charge in [0.2, 0.25) is 0 Å². The molecule has 0 bridgehead atoms. The van der Waals surface area contributed by atoms with Gasteiger partial charge in [-0.15, -0.1) is 0 Å². The highest BCUT2D eigenvalue weighted by atomic mass is 35.5. The molecular formula is C11H11ClO4S. The van der Waals surface area contributed by atoms with Gasteiger partial charge in [-0.05, 0) is 17.2 Å². The highest BCUT2D eigenvalue weighted by Gasteiger charge is 2.16. The largest absolute Gasteiger partial charge is 0.465 e. The second-order valence-corrected chi connectivity index (χ2v) is 4.47. The molecule has 1 N–H and O–H groups in total. The first-order chi connectivity index (χ1) is 8.01. The van der Waals surface area contributed by atoms with Crippen molar-refractivity contribution in [3.63, 3.8) is 0 Å². The summed E-state index contributed by atoms with van der Waals surface area (Å²) in [5.41, 5.74) is 1.23. The molecule has 0 aliphatic heterocycles. The predicted molar refractivity (Wildman–Crippen MR) is 67.4 cm³/mol. The fraction of sp³-hybridized carbons (Fsp3) is 0.182. The summed E-state index contributed by atoms with van der Waals surface area (Å²) in [7, 11) is 1.25. The SMILES string of the molecule is C=Cc1c(CS(=O)O)ccc(C(=O)OC)c1Cl. The van der Waals surface area contributed by atoms with E-state index in [1.165, 1.54) is 19.3 Å². The van der Waals surface area contributed by atoms with Crippen LogP contribution in [0.4, 0.5) is 0 Å². The average molecular weight is 275 g/mol. The standard InChI is InChI=1S/C11H11ClO4S/c1-3-8-7(6-17(14)15)4-5-9(10(8)12)11(13)16-2/h3-5H,1,6H2,2H3,(H,14,15). The van der Waals surface area contributed by atoms with Crippen LogP contribution in [0.2, 0.25) is 5.02 Å². The fourth-order valence-electron chi connectivity index (χ4n) is 1.38. The van der Waals surface area contributed by atoms with E-state index in [0.29, 0.717) is 11.1 Å². The van der Waals surface area contributed by atoms with Crippen molar-refractivity contribution in [3.8, 4) is 0 Å². The van der Waals surface area contributed by atoms with E-state index in [1.54, 1.807) is 6.07 Å². The molecule has 0 saturated heterocycles. The predicted octanol–water partition coefficient (Wildman–Crippen LogP) is 2.49. The quantitative estimate of drug-likeness (QED) is 0.677. The first-order valence-corrected chi connectivity index (χ1v) is 6.26. The van der Waals surface area contributed by atoms with Gasteiger partial charge in [-0.2, -0.15) is 0 Å². The number of ether oxygens (including phenoxy) is 1. The lowest BCUT2D eigenvalue weighted by atomic mass is 10.0. The number of hydrogen-bond acceptors (Lipinski definition) is 3. The second-order valence-electron chi connectivity index (χ2n) is 3.16. The number of hydrogen-bond donors (Lipinski definition) is 1. The molecule has 1 unspecified atom stereocenters. The molecule has 1 aromatic rings. The van der Waals surface area contributed by atoms with Crippen LogP contribution in [-0.2, 0) is 21.6 Å². The lowest BCUT2D eigenvalue weighted by Crippen LogP contribution is -2.05. The normalized spacial score (nSPS) is 11.9. The Labute approximate surface area is 107 Å². The average Bonchev–Trinajstić information content (AvgIpc) is 2.28. The minimum Gasteiger partial charge on any atom is -0.465 e. The molecule has 17 heavy (non-hydrogen) atoms. The Kier molecular flexibility index (Phi) is 4.86. The zero-order chi connectivity index (χ0) is 13.0. The van der Waals surface area contributed by atoms with Gasteiger partial charge in [-0.25, -0.2) is 9.00 Å². The van der Waals surface area contributed by atoms with Crippen LogP contribution in [0.5, 0.6) is 0 Å². The molecule has 0 fully saturated rings. The van der Waals surface area contributed by atoms with E-state index in [4.69, 9.17) is 16.2 Å². The van der Waals surface area contributed by atoms with E-state index in [-0.39, 0.29) is 16.3 Å². The van der Waals surface area contributed by atoms with Crippen LogP contribution in [0.1, 0.15) is 21.5 Å². The van der Waals surface area contributed by atoms with Crippen molar-refractivity contribution < 1.29 is 18.3 Å². The highest BCUT2D eigenvalue weighted by molar-refractivity contribution is 7.78. The Balaban J connectivity index is 3.31. The molecule has 0 aliphatic rings. The number of benzene rings is 1. The van der Waals surface area contributed by atoms with Gasteiger partial charge in [0.05, 0.1) is 23.4 Å². The number of esters is 1. The van der Waals surface area contributed by atoms with Gasteiger partial charge in [-0.1, -0.05) is 30.3 Å². The lowest BCUT2D eigenvalue weighted by molar-refractivity contribution is 0.0601. The molecule has 0 saturated carbocycles. The monoisotopic (exact) mass is 274 g/mol. The Morgan fingerprint density at radius 1 is 1.65 bits per heavy atom. The van der Waals surface area contributed by atoms with Crippen LogP contribution in [-0.4, -0.2) is 21.8 Å². The van der Waals surface area contributed by atoms with Crippen LogP contribution in [0.25, 0.3) is 6.08 Å². The van der Waals surface area contributed by atoms with Gasteiger partial charge in [-0.3, -0.25) is 0 Å². The van der Waals surface area contributed by atoms with Crippen molar-refractivity contribution in [3.05, 3.63) is 40.4 Å². The molecule has 0 heterocycles. The van der Waals surface area contributed by atoms with Crippen molar-refractivity contribution >= 4 is 34.7 Å². The van der Waals surface area contributed by atoms with Crippen molar-refractivity contribution in [1.29, 1.82) is 0 Å². The summed E-state index contributed by atoms with van der Waals surface area (Å²) in [6.07, 6.45) is 1.44. The third-order valence-corrected chi connectivity index (χ3v) is 3.12. The summed E-state index contributed by atoms with van der Waals surface area (Å²) in [5, 5.41) is 0.176. The minimum atomic E-state index is -1.98. The first kappa shape index (κ1) is 13.9. The van der Waals surface area contributed by atoms with Gasteiger partial charge in [0.25, 0.3) is 0 Å². The number of rotatable bonds is 4. The van der Waals surface area contributed by atoms with Crippen LogP contribution < -0.4 is 0 Å². The molecular weight excluding hydrogens is 264 g/mol. The molecule has 1 atom stereocenters. The van der Waals surface area contributed by atoms with Crippen LogP contribution in [0.15, 0.2) is 18.7 Å². The van der Waals surface area contributed by atoms with E-state index in [0.717, 1.165) is 0 Å². The molecule has 0 aliphatic carbocycles. The fourth-order valence-corrected chi connectivity index (χ4v) is 2.24. The van der Waals surface area contributed by atoms with Crippen molar-refractivity contribution in [2.24, 2.45) is 0 Å². The van der Waals surface area contributed by atoms with Crippen LogP contribution in [0.3, 0.4) is 0 Å². The third-order valence-electron chi connectivity index (χ3n) is 2.16. The van der Waals surface area contributed by atoms with Gasteiger partial charge in [0, 0.05) is 0 Å². The Morgan fingerprint density at radius 2 is 2.29 bits per heavy atom. The van der Waals surface area contributed by atoms with Crippen LogP contribution >= 0.6 is 11.6 Å². The van der Waals surface area contributed by atoms with E-state index in [9.17, 15) is 9.00 Å². The van der Waals surface area contributed by atoms with E-state index >= 15 is 0 Å². The van der Waals surface area contributed by atoms with Gasteiger partial charge in [0.15, 0.2) is 11.1 Å². The lowest BCUT2D eigenvalue weighted by Gasteiger charge is -2.09. The number of carbonyl (C=O) groups is 1. The van der Waals surface area contributed by atoms with Crippen molar-refractivity contribution in [1.82, 2.24) is 0 Å². The number of halogens is 1. The first-order valence-electron chi connectivity index (χ1n) is 4.60.